The van der Waals surface area contributed by atoms with E-state index in [0.29, 0.717) is 6.42 Å². The molecule has 2 N–H and O–H groups in total. The number of hydrogen-bond donors (Lipinski definition) is 1. The highest BCUT2D eigenvalue weighted by Gasteiger charge is 2.37. The molecule has 0 amide bonds. The summed E-state index contributed by atoms with van der Waals surface area (Å²) >= 11 is 0. The van der Waals surface area contributed by atoms with Crippen LogP contribution in [-0.4, -0.2) is 12.6 Å². The van der Waals surface area contributed by atoms with Crippen LogP contribution in [0.25, 0.3) is 0 Å². The van der Waals surface area contributed by atoms with Crippen molar-refractivity contribution in [3.05, 3.63) is 58.2 Å². The maximum absolute atomic E-state index is 13.6. The molecule has 5 nitrogen and oxygen atoms in total. The Bertz CT molecular complexity index is 779. The average Bonchev–Trinajstić information content (AvgIpc) is 2.56. The molecule has 1 aliphatic heterocycles. The molecule has 0 saturated carbocycles. The average molecular weight is 334 g/mol. The van der Waals surface area contributed by atoms with Crippen molar-refractivity contribution in [1.82, 2.24) is 0 Å². The lowest BCUT2D eigenvalue weighted by molar-refractivity contribution is -0.139. The topological polar surface area (TPSA) is 85.3 Å². The number of nitrogens with zero attached hydrogens (tertiary/aromatic N) is 1. The Morgan fingerprint density at radius 3 is 2.62 bits per heavy atom. The lowest BCUT2D eigenvalue weighted by Gasteiger charge is -2.27. The SMILES string of the molecule is CCOC(=O)C1=C(CC)OC(N)=C(C#N)[C@@H]1c1ccc(F)c(F)c1. The molecule has 1 aromatic rings. The maximum atomic E-state index is 13.6. The Morgan fingerprint density at radius 2 is 2.08 bits per heavy atom. The first kappa shape index (κ1) is 17.5. The van der Waals surface area contributed by atoms with Crippen molar-refractivity contribution in [2.24, 2.45) is 5.73 Å². The third kappa shape index (κ3) is 3.08. The molecular weight excluding hydrogens is 318 g/mol. The number of allylic oxidation sites excluding steroid dienone is 2. The Labute approximate surface area is 138 Å². The van der Waals surface area contributed by atoms with E-state index < -0.39 is 23.5 Å². The van der Waals surface area contributed by atoms with E-state index in [9.17, 15) is 18.8 Å². The van der Waals surface area contributed by atoms with Gasteiger partial charge in [-0.2, -0.15) is 5.26 Å². The molecule has 0 bridgehead atoms. The Hall–Kier alpha value is -2.88. The molecule has 0 aromatic heterocycles. The van der Waals surface area contributed by atoms with Crippen LogP contribution in [0.2, 0.25) is 0 Å². The Balaban J connectivity index is 2.68. The fourth-order valence-electron chi connectivity index (χ4n) is 2.54. The smallest absolute Gasteiger partial charge is 0.338 e. The van der Waals surface area contributed by atoms with Crippen molar-refractivity contribution in [2.45, 2.75) is 26.2 Å². The summed E-state index contributed by atoms with van der Waals surface area (Å²) in [4.78, 5) is 12.4. The number of carbonyl (C=O) groups excluding carboxylic acids is 1. The van der Waals surface area contributed by atoms with E-state index in [4.69, 9.17) is 15.2 Å². The highest BCUT2D eigenvalue weighted by atomic mass is 19.2. The third-order valence-corrected chi connectivity index (χ3v) is 3.59. The van der Waals surface area contributed by atoms with Crippen LogP contribution >= 0.6 is 0 Å². The highest BCUT2D eigenvalue weighted by Crippen LogP contribution is 2.40. The number of ether oxygens (including phenoxy) is 2. The molecule has 0 unspecified atom stereocenters. The predicted octanol–water partition coefficient (Wildman–Crippen LogP) is 3.00. The number of esters is 1. The van der Waals surface area contributed by atoms with Gasteiger partial charge in [-0.3, -0.25) is 0 Å². The normalized spacial score (nSPS) is 17.4. The van der Waals surface area contributed by atoms with E-state index in [2.05, 4.69) is 0 Å². The molecule has 1 aromatic carbocycles. The van der Waals surface area contributed by atoms with Crippen molar-refractivity contribution in [1.29, 1.82) is 5.26 Å². The van der Waals surface area contributed by atoms with Gasteiger partial charge in [0.05, 0.1) is 18.1 Å². The molecule has 0 radical (unpaired) electrons. The highest BCUT2D eigenvalue weighted by molar-refractivity contribution is 5.92. The Morgan fingerprint density at radius 1 is 1.38 bits per heavy atom. The maximum Gasteiger partial charge on any atom is 0.338 e. The lowest BCUT2D eigenvalue weighted by Crippen LogP contribution is -2.26. The largest absolute Gasteiger partial charge is 0.463 e. The number of benzene rings is 1. The molecular formula is C17H16F2N2O3. The van der Waals surface area contributed by atoms with Crippen LogP contribution < -0.4 is 5.73 Å². The van der Waals surface area contributed by atoms with E-state index in [1.54, 1.807) is 13.8 Å². The summed E-state index contributed by atoms with van der Waals surface area (Å²) < 4.78 is 37.3. The third-order valence-electron chi connectivity index (χ3n) is 3.59. The summed E-state index contributed by atoms with van der Waals surface area (Å²) in [5.41, 5.74) is 5.99. The second-order valence-electron chi connectivity index (χ2n) is 5.01. The molecule has 1 aliphatic rings. The number of carbonyl (C=O) groups is 1. The molecule has 1 heterocycles. The van der Waals surface area contributed by atoms with E-state index >= 15 is 0 Å². The summed E-state index contributed by atoms with van der Waals surface area (Å²) in [6.07, 6.45) is 0.313. The van der Waals surface area contributed by atoms with E-state index in [1.807, 2.05) is 6.07 Å². The number of rotatable bonds is 4. The van der Waals surface area contributed by atoms with Gasteiger partial charge in [-0.05, 0) is 24.6 Å². The summed E-state index contributed by atoms with van der Waals surface area (Å²) in [6, 6.07) is 5.04. The van der Waals surface area contributed by atoms with Gasteiger partial charge in [0.1, 0.15) is 17.4 Å². The second-order valence-corrected chi connectivity index (χ2v) is 5.01. The van der Waals surface area contributed by atoms with Gasteiger partial charge in [-0.1, -0.05) is 13.0 Å². The minimum absolute atomic E-state index is 0.0544. The van der Waals surface area contributed by atoms with Crippen molar-refractivity contribution in [3.8, 4) is 6.07 Å². The van der Waals surface area contributed by atoms with Gasteiger partial charge < -0.3 is 15.2 Å². The molecule has 1 atom stereocenters. The van der Waals surface area contributed by atoms with Crippen LogP contribution in [-0.2, 0) is 14.3 Å². The fourth-order valence-corrected chi connectivity index (χ4v) is 2.54. The minimum atomic E-state index is -1.09. The first-order chi connectivity index (χ1) is 11.4. The fraction of sp³-hybridized carbons (Fsp3) is 0.294. The van der Waals surface area contributed by atoms with Gasteiger partial charge in [-0.15, -0.1) is 0 Å². The molecule has 0 aliphatic carbocycles. The predicted molar refractivity (Wildman–Crippen MR) is 81.0 cm³/mol. The van der Waals surface area contributed by atoms with Crippen molar-refractivity contribution in [3.63, 3.8) is 0 Å². The van der Waals surface area contributed by atoms with Gasteiger partial charge in [-0.25, -0.2) is 13.6 Å². The lowest BCUT2D eigenvalue weighted by atomic mass is 9.82. The monoisotopic (exact) mass is 334 g/mol. The first-order valence-electron chi connectivity index (χ1n) is 7.37. The van der Waals surface area contributed by atoms with Gasteiger partial charge in [0.2, 0.25) is 5.88 Å². The summed E-state index contributed by atoms with van der Waals surface area (Å²) in [7, 11) is 0. The summed E-state index contributed by atoms with van der Waals surface area (Å²) in [5.74, 6) is -3.72. The van der Waals surface area contributed by atoms with Crippen LogP contribution in [0.4, 0.5) is 8.78 Å². The van der Waals surface area contributed by atoms with Gasteiger partial charge >= 0.3 is 5.97 Å². The van der Waals surface area contributed by atoms with Crippen LogP contribution in [0, 0.1) is 23.0 Å². The zero-order valence-corrected chi connectivity index (χ0v) is 13.2. The zero-order valence-electron chi connectivity index (χ0n) is 13.2. The zero-order chi connectivity index (χ0) is 17.9. The van der Waals surface area contributed by atoms with Gasteiger partial charge in [0.25, 0.3) is 0 Å². The van der Waals surface area contributed by atoms with Gasteiger partial charge in [0.15, 0.2) is 11.6 Å². The molecule has 7 heteroatoms. The Kier molecular flexibility index (Phi) is 5.19. The molecule has 0 saturated heterocycles. The van der Waals surface area contributed by atoms with Crippen molar-refractivity contribution in [2.75, 3.05) is 6.61 Å². The summed E-state index contributed by atoms with van der Waals surface area (Å²) in [6.45, 7) is 3.49. The number of hydrogen-bond acceptors (Lipinski definition) is 5. The molecule has 0 spiro atoms. The standard InChI is InChI=1S/C17H16F2N2O3/c1-3-13-15(17(22)23-4-2)14(10(8-20)16(21)24-13)9-5-6-11(18)12(19)7-9/h5-7,14H,3-4,21H2,1-2H3/t14-/m0/s1. The van der Waals surface area contributed by atoms with E-state index in [-0.39, 0.29) is 35.0 Å². The summed E-state index contributed by atoms with van der Waals surface area (Å²) in [5, 5.41) is 9.40. The van der Waals surface area contributed by atoms with Crippen LogP contribution in [0.15, 0.2) is 41.0 Å². The van der Waals surface area contributed by atoms with Gasteiger partial charge in [0, 0.05) is 6.42 Å². The number of halogens is 2. The van der Waals surface area contributed by atoms with E-state index in [1.165, 1.54) is 6.07 Å². The van der Waals surface area contributed by atoms with Crippen molar-refractivity contribution < 1.29 is 23.0 Å². The number of nitrogens with two attached hydrogens (primary N) is 1. The second kappa shape index (κ2) is 7.13. The molecule has 126 valence electrons. The molecule has 2 rings (SSSR count). The first-order valence-corrected chi connectivity index (χ1v) is 7.37. The number of nitriles is 1. The van der Waals surface area contributed by atoms with Crippen LogP contribution in [0.5, 0.6) is 0 Å². The van der Waals surface area contributed by atoms with E-state index in [0.717, 1.165) is 12.1 Å². The molecule has 0 fully saturated rings. The molecule has 24 heavy (non-hydrogen) atoms. The van der Waals surface area contributed by atoms with Crippen molar-refractivity contribution >= 4 is 5.97 Å². The minimum Gasteiger partial charge on any atom is -0.463 e. The quantitative estimate of drug-likeness (QED) is 0.856. The van der Waals surface area contributed by atoms with Crippen LogP contribution in [0.3, 0.4) is 0 Å². The van der Waals surface area contributed by atoms with Crippen LogP contribution in [0.1, 0.15) is 31.7 Å².